The monoisotopic (exact) mass is 212 g/mol. The van der Waals surface area contributed by atoms with Crippen molar-refractivity contribution < 1.29 is 14.7 Å². The second-order valence-electron chi connectivity index (χ2n) is 3.46. The number of carbonyl (C=O) groups is 2. The van der Waals surface area contributed by atoms with Crippen molar-refractivity contribution in [3.05, 3.63) is 0 Å². The molecule has 2 amide bonds. The lowest BCUT2D eigenvalue weighted by atomic mass is 10.3. The van der Waals surface area contributed by atoms with Crippen LogP contribution in [0.5, 0.6) is 0 Å². The van der Waals surface area contributed by atoms with Crippen LogP contribution in [0.15, 0.2) is 0 Å². The van der Waals surface area contributed by atoms with Crippen LogP contribution in [0, 0.1) is 12.3 Å². The molecule has 0 rings (SSSR count). The fourth-order valence-corrected chi connectivity index (χ4v) is 1.04. The summed E-state index contributed by atoms with van der Waals surface area (Å²) in [5.74, 6) is 1.29. The SMILES string of the molecule is C#CCN(C)C(=O)N(CC(=O)O)C(C)C. The molecule has 5 heteroatoms. The van der Waals surface area contributed by atoms with Crippen LogP contribution in [-0.2, 0) is 4.79 Å². The lowest BCUT2D eigenvalue weighted by Crippen LogP contribution is -2.47. The molecular weight excluding hydrogens is 196 g/mol. The summed E-state index contributed by atoms with van der Waals surface area (Å²) in [5, 5.41) is 8.64. The van der Waals surface area contributed by atoms with Crippen LogP contribution in [0.4, 0.5) is 4.79 Å². The van der Waals surface area contributed by atoms with E-state index in [1.807, 2.05) is 0 Å². The smallest absolute Gasteiger partial charge is 0.323 e. The van der Waals surface area contributed by atoms with Crippen molar-refractivity contribution in [2.45, 2.75) is 19.9 Å². The molecule has 0 aromatic rings. The molecule has 0 aliphatic heterocycles. The van der Waals surface area contributed by atoms with Gasteiger partial charge in [-0.15, -0.1) is 6.42 Å². The third-order valence-electron chi connectivity index (χ3n) is 1.83. The first kappa shape index (κ1) is 13.3. The third-order valence-corrected chi connectivity index (χ3v) is 1.83. The molecule has 0 aliphatic carbocycles. The molecule has 0 atom stereocenters. The minimum atomic E-state index is -1.04. The number of hydrogen-bond donors (Lipinski definition) is 1. The average Bonchev–Trinajstić information content (AvgIpc) is 2.12. The van der Waals surface area contributed by atoms with E-state index in [2.05, 4.69) is 5.92 Å². The van der Waals surface area contributed by atoms with Crippen molar-refractivity contribution in [2.75, 3.05) is 20.1 Å². The summed E-state index contributed by atoms with van der Waals surface area (Å²) in [6.45, 7) is 3.36. The lowest BCUT2D eigenvalue weighted by Gasteiger charge is -2.29. The van der Waals surface area contributed by atoms with Crippen molar-refractivity contribution in [1.29, 1.82) is 0 Å². The summed E-state index contributed by atoms with van der Waals surface area (Å²) in [4.78, 5) is 24.8. The largest absolute Gasteiger partial charge is 0.480 e. The Morgan fingerprint density at radius 1 is 1.47 bits per heavy atom. The van der Waals surface area contributed by atoms with E-state index in [1.54, 1.807) is 20.9 Å². The van der Waals surface area contributed by atoms with Crippen LogP contribution in [-0.4, -0.2) is 53.1 Å². The molecular formula is C10H16N2O3. The lowest BCUT2D eigenvalue weighted by molar-refractivity contribution is -0.138. The van der Waals surface area contributed by atoms with Crippen LogP contribution in [0.2, 0.25) is 0 Å². The van der Waals surface area contributed by atoms with Crippen molar-refractivity contribution in [2.24, 2.45) is 0 Å². The Kier molecular flexibility index (Phi) is 5.24. The number of urea groups is 1. The second kappa shape index (κ2) is 5.91. The summed E-state index contributed by atoms with van der Waals surface area (Å²) in [6, 6.07) is -0.542. The predicted molar refractivity (Wildman–Crippen MR) is 56.3 cm³/mol. The van der Waals surface area contributed by atoms with E-state index in [9.17, 15) is 9.59 Å². The first-order valence-electron chi connectivity index (χ1n) is 4.57. The minimum Gasteiger partial charge on any atom is -0.480 e. The molecule has 15 heavy (non-hydrogen) atoms. The third kappa shape index (κ3) is 4.36. The maximum atomic E-state index is 11.7. The maximum Gasteiger partial charge on any atom is 0.323 e. The van der Waals surface area contributed by atoms with E-state index in [0.717, 1.165) is 0 Å². The summed E-state index contributed by atoms with van der Waals surface area (Å²) in [6.07, 6.45) is 5.07. The van der Waals surface area contributed by atoms with Gasteiger partial charge in [-0.1, -0.05) is 5.92 Å². The van der Waals surface area contributed by atoms with Gasteiger partial charge in [0.15, 0.2) is 0 Å². The summed E-state index contributed by atoms with van der Waals surface area (Å²) in [5.41, 5.74) is 0. The Labute approximate surface area is 89.7 Å². The van der Waals surface area contributed by atoms with E-state index in [4.69, 9.17) is 11.5 Å². The Morgan fingerprint density at radius 2 is 2.00 bits per heavy atom. The number of hydrogen-bond acceptors (Lipinski definition) is 2. The fourth-order valence-electron chi connectivity index (χ4n) is 1.04. The summed E-state index contributed by atoms with van der Waals surface area (Å²) in [7, 11) is 1.54. The zero-order valence-electron chi connectivity index (χ0n) is 9.23. The number of nitrogens with zero attached hydrogens (tertiary/aromatic N) is 2. The minimum absolute atomic E-state index is 0.168. The molecule has 0 aliphatic rings. The quantitative estimate of drug-likeness (QED) is 0.689. The highest BCUT2D eigenvalue weighted by atomic mass is 16.4. The highest BCUT2D eigenvalue weighted by molar-refractivity contribution is 5.80. The Balaban J connectivity index is 4.56. The van der Waals surface area contributed by atoms with E-state index in [-0.39, 0.29) is 25.2 Å². The highest BCUT2D eigenvalue weighted by Crippen LogP contribution is 2.02. The van der Waals surface area contributed by atoms with Gasteiger partial charge in [0.2, 0.25) is 0 Å². The number of terminal acetylenes is 1. The van der Waals surface area contributed by atoms with E-state index in [1.165, 1.54) is 9.80 Å². The molecule has 0 fully saturated rings. The van der Waals surface area contributed by atoms with Crippen LogP contribution in [0.3, 0.4) is 0 Å². The number of amides is 2. The predicted octanol–water partition coefficient (Wildman–Crippen LogP) is 0.466. The van der Waals surface area contributed by atoms with Crippen LogP contribution in [0.1, 0.15) is 13.8 Å². The van der Waals surface area contributed by atoms with Crippen molar-refractivity contribution in [3.63, 3.8) is 0 Å². The molecule has 0 radical (unpaired) electrons. The number of carboxylic acids is 1. The number of rotatable bonds is 4. The van der Waals surface area contributed by atoms with Gasteiger partial charge in [-0.25, -0.2) is 4.79 Å². The molecule has 0 bridgehead atoms. The van der Waals surface area contributed by atoms with Gasteiger partial charge in [-0.2, -0.15) is 0 Å². The van der Waals surface area contributed by atoms with Gasteiger partial charge in [0.05, 0.1) is 6.54 Å². The van der Waals surface area contributed by atoms with Crippen molar-refractivity contribution in [3.8, 4) is 12.3 Å². The van der Waals surface area contributed by atoms with Gasteiger partial charge in [0.25, 0.3) is 0 Å². The number of aliphatic carboxylic acids is 1. The first-order valence-corrected chi connectivity index (χ1v) is 4.57. The van der Waals surface area contributed by atoms with Gasteiger partial charge in [0, 0.05) is 13.1 Å². The Bertz CT molecular complexity index is 281. The van der Waals surface area contributed by atoms with Gasteiger partial charge < -0.3 is 14.9 Å². The van der Waals surface area contributed by atoms with Crippen LogP contribution < -0.4 is 0 Å². The molecule has 0 spiro atoms. The van der Waals surface area contributed by atoms with Gasteiger partial charge in [-0.3, -0.25) is 4.79 Å². The zero-order valence-corrected chi connectivity index (χ0v) is 9.23. The van der Waals surface area contributed by atoms with Gasteiger partial charge >= 0.3 is 12.0 Å². The molecule has 0 heterocycles. The summed E-state index contributed by atoms with van der Waals surface area (Å²) >= 11 is 0. The Morgan fingerprint density at radius 3 is 2.33 bits per heavy atom. The van der Waals surface area contributed by atoms with E-state index < -0.39 is 5.97 Å². The Hall–Kier alpha value is -1.70. The normalized spacial score (nSPS) is 9.53. The van der Waals surface area contributed by atoms with E-state index in [0.29, 0.717) is 0 Å². The molecule has 0 unspecified atom stereocenters. The average molecular weight is 212 g/mol. The number of carbonyl (C=O) groups excluding carboxylic acids is 1. The molecule has 0 aromatic heterocycles. The molecule has 84 valence electrons. The fraction of sp³-hybridized carbons (Fsp3) is 0.600. The van der Waals surface area contributed by atoms with Crippen LogP contribution in [0.25, 0.3) is 0 Å². The van der Waals surface area contributed by atoms with Crippen molar-refractivity contribution >= 4 is 12.0 Å². The van der Waals surface area contributed by atoms with Crippen molar-refractivity contribution in [1.82, 2.24) is 9.80 Å². The van der Waals surface area contributed by atoms with Gasteiger partial charge in [0.1, 0.15) is 6.54 Å². The maximum absolute atomic E-state index is 11.7. The highest BCUT2D eigenvalue weighted by Gasteiger charge is 2.22. The van der Waals surface area contributed by atoms with E-state index >= 15 is 0 Å². The summed E-state index contributed by atoms with van der Waals surface area (Å²) < 4.78 is 0. The molecule has 0 saturated carbocycles. The second-order valence-corrected chi connectivity index (χ2v) is 3.46. The molecule has 1 N–H and O–H groups in total. The number of carboxylic acid groups (broad SMARTS) is 1. The molecule has 5 nitrogen and oxygen atoms in total. The topological polar surface area (TPSA) is 60.9 Å². The zero-order chi connectivity index (χ0) is 12.0. The van der Waals surface area contributed by atoms with Crippen LogP contribution >= 0.6 is 0 Å². The first-order chi connectivity index (χ1) is 6.90. The molecule has 0 saturated heterocycles. The molecule has 0 aromatic carbocycles. The van der Waals surface area contributed by atoms with Gasteiger partial charge in [-0.05, 0) is 13.8 Å². The standard InChI is InChI=1S/C10H16N2O3/c1-5-6-11(4)10(15)12(8(2)3)7-9(13)14/h1,8H,6-7H2,2-4H3,(H,13,14).